The van der Waals surface area contributed by atoms with E-state index in [-0.39, 0.29) is 5.91 Å². The molecule has 1 unspecified atom stereocenters. The van der Waals surface area contributed by atoms with Crippen LogP contribution in [-0.2, 0) is 9.59 Å². The van der Waals surface area contributed by atoms with Gasteiger partial charge in [-0.3, -0.25) is 9.59 Å². The highest BCUT2D eigenvalue weighted by molar-refractivity contribution is 9.10. The highest BCUT2D eigenvalue weighted by Gasteiger charge is 2.30. The smallest absolute Gasteiger partial charge is 0.308 e. The first-order valence-electron chi connectivity index (χ1n) is 5.95. The first-order chi connectivity index (χ1) is 9.06. The zero-order valence-corrected chi connectivity index (χ0v) is 12.6. The van der Waals surface area contributed by atoms with Crippen LogP contribution >= 0.6 is 27.7 Å². The van der Waals surface area contributed by atoms with Crippen LogP contribution in [0.15, 0.2) is 33.6 Å². The van der Waals surface area contributed by atoms with Gasteiger partial charge in [0.15, 0.2) is 0 Å². The van der Waals surface area contributed by atoms with Gasteiger partial charge in [-0.2, -0.15) is 0 Å². The Morgan fingerprint density at radius 2 is 2.26 bits per heavy atom. The Kier molecular flexibility index (Phi) is 4.87. The monoisotopic (exact) mass is 343 g/mol. The van der Waals surface area contributed by atoms with Gasteiger partial charge >= 0.3 is 5.97 Å². The lowest BCUT2D eigenvalue weighted by Crippen LogP contribution is -2.31. The number of hydrogen-bond donors (Lipinski definition) is 1. The molecule has 4 nitrogen and oxygen atoms in total. The average molecular weight is 344 g/mol. The van der Waals surface area contributed by atoms with Crippen molar-refractivity contribution in [2.45, 2.75) is 11.3 Å². The van der Waals surface area contributed by atoms with Crippen molar-refractivity contribution in [3.8, 4) is 0 Å². The molecule has 1 aromatic carbocycles. The van der Waals surface area contributed by atoms with Crippen LogP contribution in [0.2, 0.25) is 0 Å². The third-order valence-corrected chi connectivity index (χ3v) is 4.52. The lowest BCUT2D eigenvalue weighted by atomic mass is 10.1. The molecule has 2 rings (SSSR count). The lowest BCUT2D eigenvalue weighted by molar-refractivity contribution is -0.141. The van der Waals surface area contributed by atoms with Crippen molar-refractivity contribution in [1.29, 1.82) is 0 Å². The van der Waals surface area contributed by atoms with Crippen LogP contribution in [0.4, 0.5) is 0 Å². The average Bonchev–Trinajstić information content (AvgIpc) is 2.86. The third-order valence-electron chi connectivity index (χ3n) is 3.05. The van der Waals surface area contributed by atoms with Crippen LogP contribution in [0.25, 0.3) is 0 Å². The van der Waals surface area contributed by atoms with Gasteiger partial charge < -0.3 is 10.0 Å². The first-order valence-corrected chi connectivity index (χ1v) is 7.73. The number of aliphatic carboxylic acids is 1. The van der Waals surface area contributed by atoms with E-state index in [0.29, 0.717) is 25.3 Å². The number of carbonyl (C=O) groups is 2. The molecule has 1 aromatic rings. The van der Waals surface area contributed by atoms with Crippen LogP contribution in [0.3, 0.4) is 0 Å². The molecule has 0 saturated carbocycles. The fourth-order valence-electron chi connectivity index (χ4n) is 1.98. The van der Waals surface area contributed by atoms with Crippen molar-refractivity contribution in [2.75, 3.05) is 18.8 Å². The van der Waals surface area contributed by atoms with E-state index in [2.05, 4.69) is 15.9 Å². The summed E-state index contributed by atoms with van der Waals surface area (Å²) in [4.78, 5) is 25.5. The van der Waals surface area contributed by atoms with Gasteiger partial charge in [0, 0.05) is 22.5 Å². The molecule has 1 aliphatic rings. The van der Waals surface area contributed by atoms with E-state index in [1.54, 1.807) is 4.90 Å². The second kappa shape index (κ2) is 6.43. The van der Waals surface area contributed by atoms with E-state index >= 15 is 0 Å². The van der Waals surface area contributed by atoms with Crippen LogP contribution in [0.5, 0.6) is 0 Å². The zero-order chi connectivity index (χ0) is 13.8. The van der Waals surface area contributed by atoms with Gasteiger partial charge in [-0.15, -0.1) is 11.8 Å². The number of nitrogens with zero attached hydrogens (tertiary/aromatic N) is 1. The number of rotatable bonds is 4. The lowest BCUT2D eigenvalue weighted by Gasteiger charge is -2.15. The first kappa shape index (κ1) is 14.4. The molecule has 1 aliphatic heterocycles. The summed E-state index contributed by atoms with van der Waals surface area (Å²) >= 11 is 4.86. The quantitative estimate of drug-likeness (QED) is 0.853. The molecule has 0 aliphatic carbocycles. The van der Waals surface area contributed by atoms with Crippen LogP contribution < -0.4 is 0 Å². The highest BCUT2D eigenvalue weighted by Crippen LogP contribution is 2.23. The van der Waals surface area contributed by atoms with Gasteiger partial charge in [-0.1, -0.05) is 22.0 Å². The molecule has 1 heterocycles. The van der Waals surface area contributed by atoms with Crippen molar-refractivity contribution in [2.24, 2.45) is 5.92 Å². The minimum atomic E-state index is -0.810. The van der Waals surface area contributed by atoms with Crippen LogP contribution in [-0.4, -0.2) is 40.7 Å². The second-order valence-corrected chi connectivity index (χ2v) is 6.37. The summed E-state index contributed by atoms with van der Waals surface area (Å²) in [7, 11) is 0. The van der Waals surface area contributed by atoms with Crippen LogP contribution in [0.1, 0.15) is 6.42 Å². The third kappa shape index (κ3) is 3.98. The number of carboxylic acid groups (broad SMARTS) is 1. The van der Waals surface area contributed by atoms with Gasteiger partial charge in [0.2, 0.25) is 5.91 Å². The summed E-state index contributed by atoms with van der Waals surface area (Å²) in [5.41, 5.74) is 0. The van der Waals surface area contributed by atoms with Crippen molar-refractivity contribution in [3.63, 3.8) is 0 Å². The molecule has 6 heteroatoms. The summed E-state index contributed by atoms with van der Waals surface area (Å²) in [5, 5.41) is 8.90. The SMILES string of the molecule is O=C(O)C1CCN(C(=O)CSc2cccc(Br)c2)C1. The molecule has 1 amide bonds. The molecule has 19 heavy (non-hydrogen) atoms. The predicted octanol–water partition coefficient (Wildman–Crippen LogP) is 2.47. The minimum absolute atomic E-state index is 0.00808. The fourth-order valence-corrected chi connectivity index (χ4v) is 3.39. The molecule has 0 spiro atoms. The summed E-state index contributed by atoms with van der Waals surface area (Å²) in [6, 6.07) is 7.77. The Labute approximate surface area is 124 Å². The Bertz CT molecular complexity index is 495. The topological polar surface area (TPSA) is 57.6 Å². The molecule has 1 saturated heterocycles. The maximum Gasteiger partial charge on any atom is 0.308 e. The number of thioether (sulfide) groups is 1. The molecular weight excluding hydrogens is 330 g/mol. The maximum absolute atomic E-state index is 12.0. The van der Waals surface area contributed by atoms with E-state index in [9.17, 15) is 9.59 Å². The largest absolute Gasteiger partial charge is 0.481 e. The van der Waals surface area contributed by atoms with E-state index < -0.39 is 11.9 Å². The van der Waals surface area contributed by atoms with Gasteiger partial charge in [-0.05, 0) is 24.6 Å². The standard InChI is InChI=1S/C13H14BrNO3S/c14-10-2-1-3-11(6-10)19-8-12(16)15-5-4-9(7-15)13(17)18/h1-3,6,9H,4-5,7-8H2,(H,17,18). The maximum atomic E-state index is 12.0. The van der Waals surface area contributed by atoms with E-state index in [0.717, 1.165) is 9.37 Å². The van der Waals surface area contributed by atoms with Gasteiger partial charge in [0.25, 0.3) is 0 Å². The minimum Gasteiger partial charge on any atom is -0.481 e. The van der Waals surface area contributed by atoms with E-state index in [1.807, 2.05) is 24.3 Å². The van der Waals surface area contributed by atoms with Crippen molar-refractivity contribution in [1.82, 2.24) is 4.90 Å². The highest BCUT2D eigenvalue weighted by atomic mass is 79.9. The van der Waals surface area contributed by atoms with Crippen LogP contribution in [0, 0.1) is 5.92 Å². The fraction of sp³-hybridized carbons (Fsp3) is 0.385. The van der Waals surface area contributed by atoms with Crippen molar-refractivity contribution >= 4 is 39.6 Å². The molecule has 0 aromatic heterocycles. The molecule has 0 radical (unpaired) electrons. The molecule has 1 N–H and O–H groups in total. The van der Waals surface area contributed by atoms with E-state index in [1.165, 1.54) is 11.8 Å². The number of halogens is 1. The summed E-state index contributed by atoms with van der Waals surface area (Å²) < 4.78 is 0.983. The van der Waals surface area contributed by atoms with E-state index in [4.69, 9.17) is 5.11 Å². The number of carbonyl (C=O) groups excluding carboxylic acids is 1. The number of amides is 1. The summed E-state index contributed by atoms with van der Waals surface area (Å²) in [5.74, 6) is -0.855. The summed E-state index contributed by atoms with van der Waals surface area (Å²) in [6.45, 7) is 0.891. The van der Waals surface area contributed by atoms with Gasteiger partial charge in [0.1, 0.15) is 0 Å². The van der Waals surface area contributed by atoms with Crippen molar-refractivity contribution in [3.05, 3.63) is 28.7 Å². The normalized spacial score (nSPS) is 18.6. The van der Waals surface area contributed by atoms with Gasteiger partial charge in [-0.25, -0.2) is 0 Å². The predicted molar refractivity (Wildman–Crippen MR) is 77.2 cm³/mol. The Morgan fingerprint density at radius 3 is 2.89 bits per heavy atom. The second-order valence-electron chi connectivity index (χ2n) is 4.41. The molecule has 102 valence electrons. The Morgan fingerprint density at radius 1 is 1.47 bits per heavy atom. The number of likely N-dealkylation sites (tertiary alicyclic amines) is 1. The molecule has 0 bridgehead atoms. The Balaban J connectivity index is 1.84. The summed E-state index contributed by atoms with van der Waals surface area (Å²) in [6.07, 6.45) is 0.558. The number of carboxylic acids is 1. The number of benzene rings is 1. The zero-order valence-electron chi connectivity index (χ0n) is 10.2. The Hall–Kier alpha value is -1.01. The molecule has 1 fully saturated rings. The molecular formula is C13H14BrNO3S. The number of hydrogen-bond acceptors (Lipinski definition) is 3. The molecule has 1 atom stereocenters. The van der Waals surface area contributed by atoms with Gasteiger partial charge in [0.05, 0.1) is 11.7 Å². The van der Waals surface area contributed by atoms with Crippen molar-refractivity contribution < 1.29 is 14.7 Å².